The zero-order valence-electron chi connectivity index (χ0n) is 16.9. The number of anilines is 1. The number of carbonyl (C=O) groups is 1. The van der Waals surface area contributed by atoms with Gasteiger partial charge in [0.05, 0.1) is 5.54 Å². The lowest BCUT2D eigenvalue weighted by Gasteiger charge is -2.38. The molecule has 1 aliphatic rings. The van der Waals surface area contributed by atoms with E-state index in [2.05, 4.69) is 53.2 Å². The number of carbonyl (C=O) groups excluding carboxylic acids is 1. The van der Waals surface area contributed by atoms with Crippen LogP contribution in [-0.2, 0) is 5.54 Å². The third kappa shape index (κ3) is 5.08. The highest BCUT2D eigenvalue weighted by Gasteiger charge is 2.28. The minimum Gasteiger partial charge on any atom is -0.368 e. The van der Waals surface area contributed by atoms with Crippen molar-refractivity contribution in [2.75, 3.05) is 31.1 Å². The molecule has 0 radical (unpaired) electrons. The summed E-state index contributed by atoms with van der Waals surface area (Å²) in [6.45, 7) is 13.3. The Balaban J connectivity index is 0.00000280. The maximum atomic E-state index is 12.8. The van der Waals surface area contributed by atoms with Crippen LogP contribution in [0.25, 0.3) is 5.57 Å². The second-order valence-electron chi connectivity index (χ2n) is 7.73. The minimum absolute atomic E-state index is 0. The van der Waals surface area contributed by atoms with E-state index in [-0.39, 0.29) is 18.4 Å². The molecule has 1 N–H and O–H groups in total. The number of hydrogen-bond donors (Lipinski definition) is 1. The number of allylic oxidation sites excluding steroid dienone is 1. The summed E-state index contributed by atoms with van der Waals surface area (Å²) in [5.74, 6) is 0. The summed E-state index contributed by atoms with van der Waals surface area (Å²) in [6, 6.07) is 18.6. The van der Waals surface area contributed by atoms with E-state index in [1.54, 1.807) is 0 Å². The van der Waals surface area contributed by atoms with E-state index in [0.717, 1.165) is 42.9 Å². The first-order chi connectivity index (χ1) is 12.9. The number of hydrogen-bond acceptors (Lipinski definition) is 2. The number of nitrogens with zero attached hydrogens (tertiary/aromatic N) is 2. The number of halogens is 1. The van der Waals surface area contributed by atoms with Gasteiger partial charge in [-0.1, -0.05) is 48.6 Å². The molecule has 0 aliphatic carbocycles. The Kier molecular flexibility index (Phi) is 7.14. The summed E-state index contributed by atoms with van der Waals surface area (Å²) >= 11 is 0. The predicted molar refractivity (Wildman–Crippen MR) is 120 cm³/mol. The van der Waals surface area contributed by atoms with Crippen molar-refractivity contribution in [3.05, 3.63) is 72.3 Å². The topological polar surface area (TPSA) is 35.6 Å². The number of amides is 2. The highest BCUT2D eigenvalue weighted by Crippen LogP contribution is 2.24. The van der Waals surface area contributed by atoms with Crippen LogP contribution in [0.15, 0.2) is 61.2 Å². The summed E-state index contributed by atoms with van der Waals surface area (Å²) in [5.41, 5.74) is 3.98. The van der Waals surface area contributed by atoms with Gasteiger partial charge >= 0.3 is 6.03 Å². The largest absolute Gasteiger partial charge is 0.368 e. The van der Waals surface area contributed by atoms with Crippen molar-refractivity contribution in [1.82, 2.24) is 10.2 Å². The van der Waals surface area contributed by atoms with Crippen molar-refractivity contribution in [3.8, 4) is 0 Å². The number of rotatable bonds is 4. The molecule has 1 aliphatic heterocycles. The van der Waals surface area contributed by atoms with E-state index < -0.39 is 5.54 Å². The number of benzene rings is 2. The molecule has 0 bridgehead atoms. The smallest absolute Gasteiger partial charge is 0.318 e. The van der Waals surface area contributed by atoms with Crippen LogP contribution in [0.3, 0.4) is 0 Å². The second kappa shape index (κ2) is 9.16. The van der Waals surface area contributed by atoms with Gasteiger partial charge in [-0.05, 0) is 50.1 Å². The fourth-order valence-corrected chi connectivity index (χ4v) is 3.40. The van der Waals surface area contributed by atoms with Gasteiger partial charge in [-0.2, -0.15) is 0 Å². The van der Waals surface area contributed by atoms with Crippen LogP contribution in [0.4, 0.5) is 10.5 Å². The third-order valence-corrected chi connectivity index (χ3v) is 5.18. The van der Waals surface area contributed by atoms with Gasteiger partial charge in [0, 0.05) is 31.9 Å². The summed E-state index contributed by atoms with van der Waals surface area (Å²) in [6.07, 6.45) is 0. The van der Waals surface area contributed by atoms with E-state index in [9.17, 15) is 4.79 Å². The molecular formula is C23H30ClN3O. The van der Waals surface area contributed by atoms with Crippen LogP contribution in [0.2, 0.25) is 0 Å². The van der Waals surface area contributed by atoms with Crippen LogP contribution in [0.1, 0.15) is 31.9 Å². The average Bonchev–Trinajstić information content (AvgIpc) is 2.68. The van der Waals surface area contributed by atoms with Crippen molar-refractivity contribution in [2.24, 2.45) is 0 Å². The second-order valence-corrected chi connectivity index (χ2v) is 7.73. The predicted octanol–water partition coefficient (Wildman–Crippen LogP) is 4.91. The van der Waals surface area contributed by atoms with Gasteiger partial charge in [-0.25, -0.2) is 4.79 Å². The summed E-state index contributed by atoms with van der Waals surface area (Å²) in [7, 11) is 0. The van der Waals surface area contributed by atoms with E-state index in [4.69, 9.17) is 0 Å². The Morgan fingerprint density at radius 2 is 1.64 bits per heavy atom. The van der Waals surface area contributed by atoms with Gasteiger partial charge in [0.1, 0.15) is 0 Å². The van der Waals surface area contributed by atoms with Crippen LogP contribution in [-0.4, -0.2) is 37.1 Å². The van der Waals surface area contributed by atoms with Crippen molar-refractivity contribution in [2.45, 2.75) is 26.3 Å². The average molecular weight is 400 g/mol. The first-order valence-electron chi connectivity index (χ1n) is 9.50. The van der Waals surface area contributed by atoms with Crippen molar-refractivity contribution >= 4 is 29.7 Å². The van der Waals surface area contributed by atoms with Crippen LogP contribution < -0.4 is 10.2 Å². The molecule has 1 saturated heterocycles. The molecular weight excluding hydrogens is 370 g/mol. The fourth-order valence-electron chi connectivity index (χ4n) is 3.40. The zero-order chi connectivity index (χ0) is 19.4. The molecule has 0 unspecified atom stereocenters. The fraction of sp³-hybridized carbons (Fsp3) is 0.348. The Morgan fingerprint density at radius 3 is 2.25 bits per heavy atom. The molecule has 28 heavy (non-hydrogen) atoms. The summed E-state index contributed by atoms with van der Waals surface area (Å²) in [4.78, 5) is 17.1. The van der Waals surface area contributed by atoms with Crippen molar-refractivity contribution in [1.29, 1.82) is 0 Å². The third-order valence-electron chi connectivity index (χ3n) is 5.18. The molecule has 0 saturated carbocycles. The molecule has 2 aromatic carbocycles. The monoisotopic (exact) mass is 399 g/mol. The van der Waals surface area contributed by atoms with Gasteiger partial charge in [0.2, 0.25) is 0 Å². The van der Waals surface area contributed by atoms with Gasteiger partial charge in [0.15, 0.2) is 0 Å². The zero-order valence-corrected chi connectivity index (χ0v) is 17.8. The summed E-state index contributed by atoms with van der Waals surface area (Å²) < 4.78 is 0. The summed E-state index contributed by atoms with van der Waals surface area (Å²) in [5, 5.41) is 3.20. The van der Waals surface area contributed by atoms with Crippen molar-refractivity contribution < 1.29 is 4.79 Å². The first kappa shape index (κ1) is 21.8. The number of para-hydroxylation sites is 1. The quantitative estimate of drug-likeness (QED) is 0.792. The molecule has 150 valence electrons. The highest BCUT2D eigenvalue weighted by molar-refractivity contribution is 5.85. The number of nitrogens with one attached hydrogen (secondary N) is 1. The van der Waals surface area contributed by atoms with E-state index in [0.29, 0.717) is 0 Å². The van der Waals surface area contributed by atoms with Crippen molar-refractivity contribution in [3.63, 3.8) is 0 Å². The number of urea groups is 1. The first-order valence-corrected chi connectivity index (χ1v) is 9.50. The minimum atomic E-state index is -0.445. The van der Waals surface area contributed by atoms with Crippen LogP contribution in [0.5, 0.6) is 0 Å². The molecule has 4 nitrogen and oxygen atoms in total. The van der Waals surface area contributed by atoms with Gasteiger partial charge < -0.3 is 15.1 Å². The van der Waals surface area contributed by atoms with Crippen LogP contribution in [0, 0.1) is 0 Å². The van der Waals surface area contributed by atoms with E-state index in [1.807, 2.05) is 43.9 Å². The van der Waals surface area contributed by atoms with E-state index >= 15 is 0 Å². The Morgan fingerprint density at radius 1 is 1.00 bits per heavy atom. The van der Waals surface area contributed by atoms with Crippen LogP contribution >= 0.6 is 12.4 Å². The van der Waals surface area contributed by atoms with Gasteiger partial charge in [-0.15, -0.1) is 12.4 Å². The lowest BCUT2D eigenvalue weighted by molar-refractivity contribution is 0.183. The maximum Gasteiger partial charge on any atom is 0.318 e. The SMILES string of the molecule is C=C(C)c1cccc(C(C)(C)NC(=O)N2CCN(c3ccccc3)CC2)c1.Cl. The lowest BCUT2D eigenvalue weighted by atomic mass is 9.92. The molecule has 0 spiro atoms. The molecule has 5 heteroatoms. The highest BCUT2D eigenvalue weighted by atomic mass is 35.5. The molecule has 2 aromatic rings. The molecule has 0 atom stereocenters. The Bertz CT molecular complexity index is 812. The normalized spacial score (nSPS) is 14.2. The molecule has 3 rings (SSSR count). The standard InChI is InChI=1S/C23H29N3O.ClH/c1-18(2)19-9-8-10-20(17-19)23(3,4)24-22(27)26-15-13-25(14-16-26)21-11-6-5-7-12-21;/h5-12,17H,1,13-16H2,2-4H3,(H,24,27);1H. The molecule has 1 fully saturated rings. The van der Waals surface area contributed by atoms with Gasteiger partial charge in [-0.3, -0.25) is 0 Å². The maximum absolute atomic E-state index is 12.8. The molecule has 2 amide bonds. The Hall–Kier alpha value is -2.46. The number of piperazine rings is 1. The molecule has 0 aromatic heterocycles. The van der Waals surface area contributed by atoms with E-state index in [1.165, 1.54) is 5.69 Å². The molecule has 1 heterocycles. The van der Waals surface area contributed by atoms with Gasteiger partial charge in [0.25, 0.3) is 0 Å². The Labute approximate surface area is 174 Å². The lowest BCUT2D eigenvalue weighted by Crippen LogP contribution is -2.55.